The van der Waals surface area contributed by atoms with Crippen LogP contribution in [0.15, 0.2) is 0 Å². The molecule has 0 aliphatic heterocycles. The largest absolute Gasteiger partial charge is 0.329 e. The number of carbonyl (C=O) groups excluding carboxylic acids is 1. The maximum Gasteiger partial charge on any atom is 0.147 e. The van der Waals surface area contributed by atoms with E-state index < -0.39 is 0 Å². The van der Waals surface area contributed by atoms with E-state index in [9.17, 15) is 4.79 Å². The molecular formula is C12H18N2OS. The minimum Gasteiger partial charge on any atom is -0.329 e. The highest BCUT2D eigenvalue weighted by Crippen LogP contribution is 2.41. The van der Waals surface area contributed by atoms with Gasteiger partial charge in [-0.15, -0.1) is 11.3 Å². The van der Waals surface area contributed by atoms with Crippen molar-refractivity contribution in [1.82, 2.24) is 4.98 Å². The van der Waals surface area contributed by atoms with Crippen LogP contribution in [0.2, 0.25) is 0 Å². The van der Waals surface area contributed by atoms with Crippen molar-refractivity contribution in [3.8, 4) is 0 Å². The number of Topliss-reactive ketones (excluding diaryl/α,β-unsaturated/α-hetero) is 1. The normalized spacial score (nSPS) is 18.2. The second-order valence-electron chi connectivity index (χ2n) is 4.69. The van der Waals surface area contributed by atoms with Gasteiger partial charge in [0.2, 0.25) is 0 Å². The van der Waals surface area contributed by atoms with Gasteiger partial charge in [0, 0.05) is 16.8 Å². The van der Waals surface area contributed by atoms with Crippen molar-refractivity contribution in [2.24, 2.45) is 11.1 Å². The Morgan fingerprint density at radius 3 is 2.56 bits per heavy atom. The van der Waals surface area contributed by atoms with E-state index in [1.54, 1.807) is 11.3 Å². The molecule has 2 N–H and O–H groups in total. The van der Waals surface area contributed by atoms with Gasteiger partial charge >= 0.3 is 0 Å². The third-order valence-electron chi connectivity index (χ3n) is 3.68. The van der Waals surface area contributed by atoms with Crippen LogP contribution >= 0.6 is 11.3 Å². The molecular weight excluding hydrogens is 220 g/mol. The van der Waals surface area contributed by atoms with Crippen LogP contribution in [0.3, 0.4) is 0 Å². The molecule has 1 aromatic rings. The van der Waals surface area contributed by atoms with Gasteiger partial charge in [0.1, 0.15) is 10.8 Å². The molecule has 0 spiro atoms. The third kappa shape index (κ3) is 1.92. The fourth-order valence-electron chi connectivity index (χ4n) is 2.14. The summed E-state index contributed by atoms with van der Waals surface area (Å²) in [6.07, 6.45) is 3.53. The van der Waals surface area contributed by atoms with Crippen molar-refractivity contribution >= 4 is 17.1 Å². The second-order valence-corrected chi connectivity index (χ2v) is 5.97. The summed E-state index contributed by atoms with van der Waals surface area (Å²) in [5.74, 6) is 0.287. The topological polar surface area (TPSA) is 56.0 Å². The first-order chi connectivity index (χ1) is 7.57. The number of hydrogen-bond donors (Lipinski definition) is 1. The van der Waals surface area contributed by atoms with Gasteiger partial charge < -0.3 is 5.73 Å². The van der Waals surface area contributed by atoms with E-state index >= 15 is 0 Å². The Balaban J connectivity index is 2.07. The Labute approximate surface area is 100 Å². The molecule has 0 unspecified atom stereocenters. The highest BCUT2D eigenvalue weighted by molar-refractivity contribution is 7.11. The molecule has 1 aliphatic rings. The van der Waals surface area contributed by atoms with Crippen molar-refractivity contribution in [3.63, 3.8) is 0 Å². The van der Waals surface area contributed by atoms with Crippen LogP contribution in [-0.4, -0.2) is 17.3 Å². The van der Waals surface area contributed by atoms with Crippen LogP contribution in [0.4, 0.5) is 0 Å². The number of hydrogen-bond acceptors (Lipinski definition) is 4. The molecule has 0 saturated heterocycles. The smallest absolute Gasteiger partial charge is 0.147 e. The number of aromatic nitrogens is 1. The average molecular weight is 238 g/mol. The summed E-state index contributed by atoms with van der Waals surface area (Å²) in [7, 11) is 0. The van der Waals surface area contributed by atoms with E-state index in [-0.39, 0.29) is 11.2 Å². The summed E-state index contributed by atoms with van der Waals surface area (Å²) in [5.41, 5.74) is 6.55. The number of nitrogens with zero attached hydrogens (tertiary/aromatic N) is 1. The number of carbonyl (C=O) groups is 1. The average Bonchev–Trinajstić information content (AvgIpc) is 2.44. The van der Waals surface area contributed by atoms with Crippen molar-refractivity contribution < 1.29 is 4.79 Å². The zero-order valence-corrected chi connectivity index (χ0v) is 10.7. The summed E-state index contributed by atoms with van der Waals surface area (Å²) < 4.78 is 0. The Kier molecular flexibility index (Phi) is 3.13. The Morgan fingerprint density at radius 2 is 2.19 bits per heavy atom. The number of thiazole rings is 1. The quantitative estimate of drug-likeness (QED) is 0.873. The zero-order valence-electron chi connectivity index (χ0n) is 9.88. The predicted octanol–water partition coefficient (Wildman–Crippen LogP) is 2.00. The van der Waals surface area contributed by atoms with Gasteiger partial charge in [0.25, 0.3) is 0 Å². The first-order valence-electron chi connectivity index (χ1n) is 5.74. The Bertz CT molecular complexity index is 382. The monoisotopic (exact) mass is 238 g/mol. The molecule has 1 heterocycles. The lowest BCUT2D eigenvalue weighted by Gasteiger charge is -2.39. The first kappa shape index (κ1) is 11.7. The molecule has 0 amide bonds. The van der Waals surface area contributed by atoms with Crippen molar-refractivity contribution in [1.29, 1.82) is 0 Å². The van der Waals surface area contributed by atoms with E-state index in [2.05, 4.69) is 4.98 Å². The van der Waals surface area contributed by atoms with Gasteiger partial charge in [-0.05, 0) is 26.7 Å². The van der Waals surface area contributed by atoms with Gasteiger partial charge in [-0.1, -0.05) is 6.42 Å². The van der Waals surface area contributed by atoms with Crippen LogP contribution in [0, 0.1) is 19.3 Å². The number of ketones is 1. The molecule has 0 atom stereocenters. The first-order valence-corrected chi connectivity index (χ1v) is 6.55. The van der Waals surface area contributed by atoms with Crippen LogP contribution < -0.4 is 5.73 Å². The molecule has 1 fully saturated rings. The highest BCUT2D eigenvalue weighted by atomic mass is 32.1. The van der Waals surface area contributed by atoms with E-state index in [1.807, 2.05) is 13.8 Å². The van der Waals surface area contributed by atoms with Crippen LogP contribution in [0.5, 0.6) is 0 Å². The summed E-state index contributed by atoms with van der Waals surface area (Å²) >= 11 is 1.63. The fourth-order valence-corrected chi connectivity index (χ4v) is 3.07. The number of rotatable bonds is 4. The zero-order chi connectivity index (χ0) is 11.8. The minimum absolute atomic E-state index is 0.215. The standard InChI is InChI=1S/C12H18N2OS/c1-8-9(2)16-11(14-8)6-10(15)12(7-13)4-3-5-12/h3-7,13H2,1-2H3. The molecule has 0 aromatic carbocycles. The molecule has 16 heavy (non-hydrogen) atoms. The van der Waals surface area contributed by atoms with Gasteiger partial charge in [0.15, 0.2) is 0 Å². The molecule has 1 aromatic heterocycles. The molecule has 1 saturated carbocycles. The molecule has 1 aliphatic carbocycles. The van der Waals surface area contributed by atoms with E-state index in [0.717, 1.165) is 30.0 Å². The molecule has 3 nitrogen and oxygen atoms in total. The minimum atomic E-state index is -0.215. The van der Waals surface area contributed by atoms with Gasteiger partial charge in [-0.2, -0.15) is 0 Å². The fraction of sp³-hybridized carbons (Fsp3) is 0.667. The van der Waals surface area contributed by atoms with E-state index in [0.29, 0.717) is 13.0 Å². The lowest BCUT2D eigenvalue weighted by Crippen LogP contribution is -2.45. The maximum absolute atomic E-state index is 12.2. The van der Waals surface area contributed by atoms with Crippen LogP contribution in [-0.2, 0) is 11.2 Å². The summed E-state index contributed by atoms with van der Waals surface area (Å²) in [5, 5.41) is 0.944. The summed E-state index contributed by atoms with van der Waals surface area (Å²) in [6.45, 7) is 4.53. The van der Waals surface area contributed by atoms with Crippen LogP contribution in [0.1, 0.15) is 34.8 Å². The van der Waals surface area contributed by atoms with Crippen molar-refractivity contribution in [3.05, 3.63) is 15.6 Å². The summed E-state index contributed by atoms with van der Waals surface area (Å²) in [6, 6.07) is 0. The number of aryl methyl sites for hydroxylation is 2. The molecule has 0 bridgehead atoms. The van der Waals surface area contributed by atoms with Gasteiger partial charge in [-0.25, -0.2) is 4.98 Å². The Hall–Kier alpha value is -0.740. The third-order valence-corrected chi connectivity index (χ3v) is 4.75. The van der Waals surface area contributed by atoms with E-state index in [1.165, 1.54) is 4.88 Å². The van der Waals surface area contributed by atoms with Gasteiger partial charge in [0.05, 0.1) is 12.1 Å². The molecule has 2 rings (SSSR count). The predicted molar refractivity (Wildman–Crippen MR) is 65.6 cm³/mol. The maximum atomic E-state index is 12.2. The Morgan fingerprint density at radius 1 is 1.50 bits per heavy atom. The second kappa shape index (κ2) is 4.26. The lowest BCUT2D eigenvalue weighted by atomic mass is 9.65. The summed E-state index contributed by atoms with van der Waals surface area (Å²) in [4.78, 5) is 17.8. The van der Waals surface area contributed by atoms with Crippen LogP contribution in [0.25, 0.3) is 0 Å². The van der Waals surface area contributed by atoms with Crippen molar-refractivity contribution in [2.45, 2.75) is 39.5 Å². The lowest BCUT2D eigenvalue weighted by molar-refractivity contribution is -0.132. The van der Waals surface area contributed by atoms with E-state index in [4.69, 9.17) is 5.73 Å². The number of nitrogens with two attached hydrogens (primary N) is 1. The molecule has 0 radical (unpaired) electrons. The highest BCUT2D eigenvalue weighted by Gasteiger charge is 2.42. The van der Waals surface area contributed by atoms with Crippen molar-refractivity contribution in [2.75, 3.05) is 6.54 Å². The molecule has 88 valence electrons. The SMILES string of the molecule is Cc1nc(CC(=O)C2(CN)CCC2)sc1C. The molecule has 4 heteroatoms. The van der Waals surface area contributed by atoms with Gasteiger partial charge in [-0.3, -0.25) is 4.79 Å².